The molecule has 18 heavy (non-hydrogen) atoms. The average Bonchev–Trinajstić information content (AvgIpc) is 2.88. The largest absolute Gasteiger partial charge is 0.392 e. The Kier molecular flexibility index (Phi) is 4.00. The van der Waals surface area contributed by atoms with Crippen molar-refractivity contribution in [1.29, 1.82) is 0 Å². The monoisotopic (exact) mass is 252 g/mol. The molecule has 0 bridgehead atoms. The second kappa shape index (κ2) is 5.34. The number of nitrogens with zero attached hydrogens (tertiary/aromatic N) is 4. The Bertz CT molecular complexity index is 382. The van der Waals surface area contributed by atoms with Crippen LogP contribution >= 0.6 is 0 Å². The molecule has 0 aliphatic heterocycles. The Labute approximate surface area is 109 Å². The van der Waals surface area contributed by atoms with E-state index in [9.17, 15) is 5.11 Å². The molecule has 1 atom stereocenters. The van der Waals surface area contributed by atoms with Crippen LogP contribution in [-0.2, 0) is 13.5 Å². The van der Waals surface area contributed by atoms with Crippen molar-refractivity contribution in [1.82, 2.24) is 20.2 Å². The van der Waals surface area contributed by atoms with Crippen LogP contribution in [0.15, 0.2) is 0 Å². The van der Waals surface area contributed by atoms with E-state index in [1.807, 2.05) is 0 Å². The standard InChI is InChI=1S/C13H24N4O/c1-10(2)9-13(6-4-5-7-13)11(18)8-12-14-16-17(3)15-12/h10-11,18H,4-9H2,1-3H3. The first-order valence-corrected chi connectivity index (χ1v) is 6.93. The van der Waals surface area contributed by atoms with Gasteiger partial charge < -0.3 is 5.11 Å². The fourth-order valence-electron chi connectivity index (χ4n) is 3.36. The van der Waals surface area contributed by atoms with E-state index in [1.165, 1.54) is 17.6 Å². The summed E-state index contributed by atoms with van der Waals surface area (Å²) < 4.78 is 0. The van der Waals surface area contributed by atoms with Gasteiger partial charge >= 0.3 is 0 Å². The molecule has 1 saturated carbocycles. The lowest BCUT2D eigenvalue weighted by molar-refractivity contribution is 0.0120. The lowest BCUT2D eigenvalue weighted by atomic mass is 9.73. The number of aromatic nitrogens is 4. The van der Waals surface area contributed by atoms with E-state index in [1.54, 1.807) is 7.05 Å². The molecule has 1 heterocycles. The topological polar surface area (TPSA) is 63.8 Å². The molecule has 5 heteroatoms. The zero-order valence-electron chi connectivity index (χ0n) is 11.6. The smallest absolute Gasteiger partial charge is 0.177 e. The van der Waals surface area contributed by atoms with E-state index in [0.717, 1.165) is 19.3 Å². The van der Waals surface area contributed by atoms with Gasteiger partial charge in [0.2, 0.25) is 0 Å². The summed E-state index contributed by atoms with van der Waals surface area (Å²) in [5, 5.41) is 22.6. The molecule has 1 aliphatic rings. The molecule has 5 nitrogen and oxygen atoms in total. The Morgan fingerprint density at radius 2 is 2.00 bits per heavy atom. The molecule has 0 aromatic carbocycles. The lowest BCUT2D eigenvalue weighted by Gasteiger charge is -2.35. The minimum atomic E-state index is -0.341. The van der Waals surface area contributed by atoms with Gasteiger partial charge in [-0.05, 0) is 35.8 Å². The molecule has 1 N–H and O–H groups in total. The highest BCUT2D eigenvalue weighted by Crippen LogP contribution is 2.46. The van der Waals surface area contributed by atoms with Crippen molar-refractivity contribution in [2.45, 2.75) is 58.5 Å². The Hall–Kier alpha value is -0.970. The molecule has 0 saturated heterocycles. The molecule has 1 aliphatic carbocycles. The highest BCUT2D eigenvalue weighted by molar-refractivity contribution is 4.95. The molecule has 0 spiro atoms. The van der Waals surface area contributed by atoms with Crippen molar-refractivity contribution in [3.05, 3.63) is 5.82 Å². The van der Waals surface area contributed by atoms with Crippen molar-refractivity contribution >= 4 is 0 Å². The number of tetrazole rings is 1. The average molecular weight is 252 g/mol. The Morgan fingerprint density at radius 3 is 2.50 bits per heavy atom. The van der Waals surface area contributed by atoms with Crippen LogP contribution in [0.2, 0.25) is 0 Å². The number of aryl methyl sites for hydroxylation is 1. The number of hydrogen-bond acceptors (Lipinski definition) is 4. The van der Waals surface area contributed by atoms with Gasteiger partial charge in [-0.3, -0.25) is 0 Å². The van der Waals surface area contributed by atoms with Gasteiger partial charge in [-0.1, -0.05) is 26.7 Å². The minimum Gasteiger partial charge on any atom is -0.392 e. The van der Waals surface area contributed by atoms with Crippen molar-refractivity contribution in [2.75, 3.05) is 0 Å². The van der Waals surface area contributed by atoms with Gasteiger partial charge in [0.1, 0.15) is 0 Å². The van der Waals surface area contributed by atoms with E-state index < -0.39 is 0 Å². The van der Waals surface area contributed by atoms with Gasteiger partial charge in [0.15, 0.2) is 5.82 Å². The van der Waals surface area contributed by atoms with E-state index in [2.05, 4.69) is 29.3 Å². The fourth-order valence-corrected chi connectivity index (χ4v) is 3.36. The Morgan fingerprint density at radius 1 is 1.33 bits per heavy atom. The summed E-state index contributed by atoms with van der Waals surface area (Å²) in [4.78, 5) is 1.45. The highest BCUT2D eigenvalue weighted by atomic mass is 16.3. The van der Waals surface area contributed by atoms with Gasteiger partial charge in [0.25, 0.3) is 0 Å². The SMILES string of the molecule is CC(C)CC1(C(O)Cc2nnn(C)n2)CCCC1. The van der Waals surface area contributed by atoms with Crippen LogP contribution in [0.4, 0.5) is 0 Å². The van der Waals surface area contributed by atoms with Crippen LogP contribution in [0.1, 0.15) is 51.8 Å². The second-order valence-electron chi connectivity index (χ2n) is 6.08. The summed E-state index contributed by atoms with van der Waals surface area (Å²) in [6, 6.07) is 0. The van der Waals surface area contributed by atoms with Crippen molar-refractivity contribution in [2.24, 2.45) is 18.4 Å². The molecule has 102 valence electrons. The maximum Gasteiger partial charge on any atom is 0.177 e. The van der Waals surface area contributed by atoms with Crippen LogP contribution in [-0.4, -0.2) is 31.4 Å². The van der Waals surface area contributed by atoms with E-state index in [4.69, 9.17) is 0 Å². The summed E-state index contributed by atoms with van der Waals surface area (Å²) in [5.74, 6) is 1.27. The van der Waals surface area contributed by atoms with Gasteiger partial charge in [-0.2, -0.15) is 4.80 Å². The molecule has 2 rings (SSSR count). The first-order chi connectivity index (χ1) is 8.52. The first kappa shape index (κ1) is 13.5. The molecule has 0 radical (unpaired) electrons. The molecule has 1 aromatic heterocycles. The molecule has 0 amide bonds. The summed E-state index contributed by atoms with van der Waals surface area (Å²) in [7, 11) is 1.75. The third-order valence-electron chi connectivity index (χ3n) is 4.05. The predicted octanol–water partition coefficient (Wildman–Crippen LogP) is 1.72. The van der Waals surface area contributed by atoms with E-state index in [-0.39, 0.29) is 11.5 Å². The van der Waals surface area contributed by atoms with Gasteiger partial charge in [0, 0.05) is 6.42 Å². The van der Waals surface area contributed by atoms with E-state index in [0.29, 0.717) is 18.2 Å². The van der Waals surface area contributed by atoms with Crippen molar-refractivity contribution < 1.29 is 5.11 Å². The van der Waals surface area contributed by atoms with Crippen LogP contribution < -0.4 is 0 Å². The quantitative estimate of drug-likeness (QED) is 0.866. The third kappa shape index (κ3) is 2.88. The van der Waals surface area contributed by atoms with E-state index >= 15 is 0 Å². The normalized spacial score (nSPS) is 20.5. The van der Waals surface area contributed by atoms with Crippen molar-refractivity contribution in [3.63, 3.8) is 0 Å². The number of rotatable bonds is 5. The molecular weight excluding hydrogens is 228 g/mol. The number of hydrogen-bond donors (Lipinski definition) is 1. The maximum atomic E-state index is 10.6. The van der Waals surface area contributed by atoms with Gasteiger partial charge in [-0.25, -0.2) is 0 Å². The zero-order chi connectivity index (χ0) is 13.2. The second-order valence-corrected chi connectivity index (χ2v) is 6.08. The van der Waals surface area contributed by atoms with Gasteiger partial charge in [-0.15, -0.1) is 10.2 Å². The van der Waals surface area contributed by atoms with Crippen LogP contribution in [0.25, 0.3) is 0 Å². The molecular formula is C13H24N4O. The van der Waals surface area contributed by atoms with Crippen molar-refractivity contribution in [3.8, 4) is 0 Å². The van der Waals surface area contributed by atoms with Crippen LogP contribution in [0.3, 0.4) is 0 Å². The Balaban J connectivity index is 2.06. The van der Waals surface area contributed by atoms with Crippen LogP contribution in [0.5, 0.6) is 0 Å². The summed E-state index contributed by atoms with van der Waals surface area (Å²) in [5.41, 5.74) is 0.0768. The minimum absolute atomic E-state index is 0.0768. The fraction of sp³-hybridized carbons (Fsp3) is 0.923. The number of aliphatic hydroxyl groups is 1. The molecule has 1 aromatic rings. The summed E-state index contributed by atoms with van der Waals surface area (Å²) in [6.45, 7) is 4.46. The number of aliphatic hydroxyl groups excluding tert-OH is 1. The lowest BCUT2D eigenvalue weighted by Crippen LogP contribution is -2.36. The molecule has 1 fully saturated rings. The maximum absolute atomic E-state index is 10.6. The summed E-state index contributed by atoms with van der Waals surface area (Å²) >= 11 is 0. The molecule has 1 unspecified atom stereocenters. The summed E-state index contributed by atoms with van der Waals surface area (Å²) in [6.07, 6.45) is 6.01. The highest BCUT2D eigenvalue weighted by Gasteiger charge is 2.41. The van der Waals surface area contributed by atoms with Gasteiger partial charge in [0.05, 0.1) is 13.2 Å². The predicted molar refractivity (Wildman–Crippen MR) is 68.9 cm³/mol. The first-order valence-electron chi connectivity index (χ1n) is 6.93. The zero-order valence-corrected chi connectivity index (χ0v) is 11.6. The third-order valence-corrected chi connectivity index (χ3v) is 4.05. The van der Waals surface area contributed by atoms with Crippen LogP contribution in [0, 0.1) is 11.3 Å².